The Morgan fingerprint density at radius 3 is 2.76 bits per heavy atom. The van der Waals surface area contributed by atoms with Crippen molar-refractivity contribution in [3.63, 3.8) is 0 Å². The van der Waals surface area contributed by atoms with Gasteiger partial charge in [-0.25, -0.2) is 4.39 Å². The molecule has 4 heteroatoms. The Labute approximate surface area is 99.6 Å². The number of carbonyl (C=O) groups is 1. The van der Waals surface area contributed by atoms with Crippen molar-refractivity contribution in [2.45, 2.75) is 31.8 Å². The summed E-state index contributed by atoms with van der Waals surface area (Å²) in [6.45, 7) is 6.42. The van der Waals surface area contributed by atoms with Gasteiger partial charge in [0.05, 0.1) is 6.54 Å². The van der Waals surface area contributed by atoms with Crippen molar-refractivity contribution >= 4 is 11.6 Å². The molecule has 0 radical (unpaired) electrons. The fraction of sp³-hybridized carbons (Fsp3) is 0.462. The van der Waals surface area contributed by atoms with E-state index in [4.69, 9.17) is 0 Å². The van der Waals surface area contributed by atoms with Crippen molar-refractivity contribution in [3.05, 3.63) is 29.6 Å². The number of benzene rings is 1. The maximum atomic E-state index is 13.4. The number of amides is 1. The van der Waals surface area contributed by atoms with Crippen molar-refractivity contribution in [1.29, 1.82) is 0 Å². The second-order valence-corrected chi connectivity index (χ2v) is 5.49. The van der Waals surface area contributed by atoms with Crippen LogP contribution in [0.1, 0.15) is 26.3 Å². The van der Waals surface area contributed by atoms with E-state index in [-0.39, 0.29) is 17.1 Å². The molecule has 0 saturated carbocycles. The first-order valence-electron chi connectivity index (χ1n) is 5.75. The van der Waals surface area contributed by atoms with Crippen molar-refractivity contribution in [3.8, 4) is 0 Å². The smallest absolute Gasteiger partial charge is 0.241 e. The Bertz CT molecular complexity index is 526. The van der Waals surface area contributed by atoms with Gasteiger partial charge in [-0.3, -0.25) is 4.79 Å². The molecule has 1 aromatic rings. The van der Waals surface area contributed by atoms with Crippen LogP contribution in [0.3, 0.4) is 0 Å². The Hall–Kier alpha value is -1.58. The molecular weight excluding hydrogens is 219 g/mol. The second-order valence-electron chi connectivity index (χ2n) is 5.49. The molecule has 3 nitrogen and oxygen atoms in total. The molecule has 17 heavy (non-hydrogen) atoms. The molecule has 2 aliphatic heterocycles. The summed E-state index contributed by atoms with van der Waals surface area (Å²) in [5.41, 5.74) is 1.15. The van der Waals surface area contributed by atoms with Gasteiger partial charge in [0, 0.05) is 11.1 Å². The summed E-state index contributed by atoms with van der Waals surface area (Å²) in [4.78, 5) is 13.6. The third-order valence-electron chi connectivity index (χ3n) is 4.36. The van der Waals surface area contributed by atoms with Crippen LogP contribution < -0.4 is 10.2 Å². The molecule has 1 aromatic carbocycles. The van der Waals surface area contributed by atoms with Gasteiger partial charge in [0.1, 0.15) is 11.5 Å². The van der Waals surface area contributed by atoms with Crippen molar-refractivity contribution in [2.75, 3.05) is 11.4 Å². The summed E-state index contributed by atoms with van der Waals surface area (Å²) in [7, 11) is 0. The lowest BCUT2D eigenvalue weighted by atomic mass is 9.77. The first-order chi connectivity index (χ1) is 7.86. The molecule has 0 aromatic heterocycles. The van der Waals surface area contributed by atoms with Crippen molar-refractivity contribution < 1.29 is 9.18 Å². The lowest BCUT2D eigenvalue weighted by Crippen LogP contribution is -2.57. The van der Waals surface area contributed by atoms with Gasteiger partial charge in [-0.2, -0.15) is 0 Å². The Morgan fingerprint density at radius 1 is 1.35 bits per heavy atom. The Morgan fingerprint density at radius 2 is 2.06 bits per heavy atom. The van der Waals surface area contributed by atoms with Crippen LogP contribution in [-0.2, 0) is 10.2 Å². The molecule has 0 bridgehead atoms. The quantitative estimate of drug-likeness (QED) is 0.742. The van der Waals surface area contributed by atoms with Crippen LogP contribution in [0.5, 0.6) is 0 Å². The molecule has 2 heterocycles. The molecule has 3 rings (SSSR count). The number of nitrogens with zero attached hydrogens (tertiary/aromatic N) is 1. The summed E-state index contributed by atoms with van der Waals surface area (Å²) in [5, 5.41) is 3.01. The maximum Gasteiger partial charge on any atom is 0.241 e. The summed E-state index contributed by atoms with van der Waals surface area (Å²) in [6.07, 6.45) is 0. The number of hydrogen-bond acceptors (Lipinski definition) is 2. The SMILES string of the molecule is CC1(C)c2cc(F)ccc2N2CC(=O)N[C@]21C. The van der Waals surface area contributed by atoms with Crippen LogP contribution >= 0.6 is 0 Å². The van der Waals surface area contributed by atoms with Crippen LogP contribution in [-0.4, -0.2) is 18.1 Å². The number of anilines is 1. The zero-order chi connectivity index (χ0) is 12.4. The standard InChI is InChI=1S/C13H15FN2O/c1-12(2)9-6-8(14)4-5-10(9)16-7-11(17)15-13(12,16)3/h4-6H,7H2,1-3H3,(H,15,17)/t13-/m1/s1. The number of hydrogen-bond donors (Lipinski definition) is 1. The lowest BCUT2D eigenvalue weighted by molar-refractivity contribution is -0.119. The van der Waals surface area contributed by atoms with E-state index in [0.29, 0.717) is 6.54 Å². The first-order valence-corrected chi connectivity index (χ1v) is 5.75. The molecule has 2 aliphatic rings. The van der Waals surface area contributed by atoms with Crippen LogP contribution in [0.4, 0.5) is 10.1 Å². The summed E-state index contributed by atoms with van der Waals surface area (Å²) in [6, 6.07) is 4.78. The zero-order valence-electron chi connectivity index (χ0n) is 10.2. The number of halogens is 1. The Balaban J connectivity index is 2.26. The zero-order valence-corrected chi connectivity index (χ0v) is 10.2. The highest BCUT2D eigenvalue weighted by Crippen LogP contribution is 2.51. The van der Waals surface area contributed by atoms with Crippen LogP contribution in [0, 0.1) is 5.82 Å². The topological polar surface area (TPSA) is 32.3 Å². The third kappa shape index (κ3) is 1.08. The van der Waals surface area contributed by atoms with Crippen LogP contribution in [0.2, 0.25) is 0 Å². The number of carbonyl (C=O) groups excluding carboxylic acids is 1. The second kappa shape index (κ2) is 2.81. The van der Waals surface area contributed by atoms with Gasteiger partial charge in [-0.1, -0.05) is 13.8 Å². The van der Waals surface area contributed by atoms with E-state index in [0.717, 1.165) is 11.3 Å². The average Bonchev–Trinajstić information content (AvgIpc) is 2.61. The van der Waals surface area contributed by atoms with Gasteiger partial charge in [-0.05, 0) is 30.7 Å². The van der Waals surface area contributed by atoms with E-state index in [1.54, 1.807) is 12.1 Å². The van der Waals surface area contributed by atoms with Gasteiger partial charge in [0.2, 0.25) is 5.91 Å². The fourth-order valence-electron chi connectivity index (χ4n) is 3.01. The van der Waals surface area contributed by atoms with E-state index < -0.39 is 5.66 Å². The lowest BCUT2D eigenvalue weighted by Gasteiger charge is -2.39. The maximum absolute atomic E-state index is 13.4. The molecule has 1 saturated heterocycles. The van der Waals surface area contributed by atoms with Gasteiger partial charge < -0.3 is 10.2 Å². The monoisotopic (exact) mass is 234 g/mol. The van der Waals surface area contributed by atoms with E-state index in [1.165, 1.54) is 6.07 Å². The molecule has 1 fully saturated rings. The predicted molar refractivity (Wildman–Crippen MR) is 63.3 cm³/mol. The minimum atomic E-state index is -0.458. The third-order valence-corrected chi connectivity index (χ3v) is 4.36. The van der Waals surface area contributed by atoms with E-state index in [9.17, 15) is 9.18 Å². The fourth-order valence-corrected chi connectivity index (χ4v) is 3.01. The molecule has 0 unspecified atom stereocenters. The summed E-state index contributed by atoms with van der Waals surface area (Å²) in [5.74, 6) is -0.205. The average molecular weight is 234 g/mol. The molecule has 1 N–H and O–H groups in total. The van der Waals surface area contributed by atoms with E-state index in [1.807, 2.05) is 25.7 Å². The highest BCUT2D eigenvalue weighted by Gasteiger charge is 2.58. The van der Waals surface area contributed by atoms with Gasteiger partial charge in [0.15, 0.2) is 0 Å². The number of nitrogens with one attached hydrogen (secondary N) is 1. The van der Waals surface area contributed by atoms with Crippen LogP contribution in [0.25, 0.3) is 0 Å². The molecule has 0 spiro atoms. The number of fused-ring (bicyclic) bond motifs is 3. The van der Waals surface area contributed by atoms with Gasteiger partial charge in [-0.15, -0.1) is 0 Å². The first kappa shape index (κ1) is 10.6. The molecule has 90 valence electrons. The van der Waals surface area contributed by atoms with E-state index >= 15 is 0 Å². The van der Waals surface area contributed by atoms with Crippen molar-refractivity contribution in [1.82, 2.24) is 5.32 Å². The van der Waals surface area contributed by atoms with Crippen molar-refractivity contribution in [2.24, 2.45) is 0 Å². The van der Waals surface area contributed by atoms with Crippen LogP contribution in [0.15, 0.2) is 18.2 Å². The molecular formula is C13H15FN2O. The summed E-state index contributed by atoms with van der Waals surface area (Å²) < 4.78 is 13.4. The predicted octanol–water partition coefficient (Wildman–Crippen LogP) is 1.77. The number of rotatable bonds is 0. The highest BCUT2D eigenvalue weighted by molar-refractivity contribution is 5.90. The normalized spacial score (nSPS) is 28.9. The summed E-state index contributed by atoms with van der Waals surface area (Å²) >= 11 is 0. The minimum Gasteiger partial charge on any atom is -0.339 e. The Kier molecular flexibility index (Phi) is 1.74. The molecule has 1 amide bonds. The highest BCUT2D eigenvalue weighted by atomic mass is 19.1. The molecule has 1 atom stereocenters. The largest absolute Gasteiger partial charge is 0.339 e. The minimum absolute atomic E-state index is 0.0237. The van der Waals surface area contributed by atoms with Gasteiger partial charge in [0.25, 0.3) is 0 Å². The van der Waals surface area contributed by atoms with E-state index in [2.05, 4.69) is 5.32 Å². The molecule has 0 aliphatic carbocycles. The van der Waals surface area contributed by atoms with Gasteiger partial charge >= 0.3 is 0 Å².